The highest BCUT2D eigenvalue weighted by Crippen LogP contribution is 2.32. The topological polar surface area (TPSA) is 24.5 Å². The molecule has 0 aromatic heterocycles. The normalized spacial score (nSPS) is 27.2. The van der Waals surface area contributed by atoms with Gasteiger partial charge in [-0.1, -0.05) is 20.8 Å². The second-order valence-corrected chi connectivity index (χ2v) is 5.49. The first-order chi connectivity index (χ1) is 6.84. The number of rotatable bonds is 4. The van der Waals surface area contributed by atoms with Gasteiger partial charge in [0.25, 0.3) is 0 Å². The number of nitrogens with one attached hydrogen (secondary N) is 1. The monoisotopic (exact) mass is 214 g/mol. The Labute approximate surface area is 94.1 Å². The fraction of sp³-hybridized carbons (Fsp3) is 1.00. The highest BCUT2D eigenvalue weighted by Gasteiger charge is 2.41. The molecule has 1 rings (SSSR count). The van der Waals surface area contributed by atoms with Crippen LogP contribution in [0.1, 0.15) is 54.4 Å². The largest absolute Gasteiger partial charge is 0.278 e. The molecule has 3 nitrogen and oxygen atoms in total. The molecule has 0 aromatic rings. The van der Waals surface area contributed by atoms with Crippen LogP contribution in [0.5, 0.6) is 0 Å². The first kappa shape index (κ1) is 12.9. The molecule has 1 heterocycles. The Hall–Kier alpha value is -0.120. The first-order valence-corrected chi connectivity index (χ1v) is 6.05. The predicted molar refractivity (Wildman–Crippen MR) is 63.2 cm³/mol. The lowest BCUT2D eigenvalue weighted by molar-refractivity contribution is -0.0934. The van der Waals surface area contributed by atoms with E-state index in [0.717, 1.165) is 6.54 Å². The molecule has 15 heavy (non-hydrogen) atoms. The van der Waals surface area contributed by atoms with Crippen LogP contribution in [0.25, 0.3) is 0 Å². The molecule has 0 saturated carbocycles. The molecule has 0 aromatic carbocycles. The molecule has 1 N–H and O–H groups in total. The summed E-state index contributed by atoms with van der Waals surface area (Å²) in [5.41, 5.74) is 3.26. The molecule has 1 aliphatic rings. The summed E-state index contributed by atoms with van der Waals surface area (Å²) in [6.07, 6.45) is 2.73. The predicted octanol–water partition coefficient (Wildman–Crippen LogP) is 2.73. The molecule has 1 atom stereocenters. The van der Waals surface area contributed by atoms with E-state index in [4.69, 9.17) is 4.84 Å². The first-order valence-electron chi connectivity index (χ1n) is 6.05. The number of hydroxylamine groups is 1. The highest BCUT2D eigenvalue weighted by atomic mass is 16.7. The van der Waals surface area contributed by atoms with Gasteiger partial charge in [-0.25, -0.2) is 0 Å². The summed E-state index contributed by atoms with van der Waals surface area (Å²) in [5.74, 6) is 0. The van der Waals surface area contributed by atoms with Crippen molar-refractivity contribution in [2.45, 2.75) is 66.3 Å². The third kappa shape index (κ3) is 2.71. The molecule has 0 radical (unpaired) electrons. The van der Waals surface area contributed by atoms with Crippen LogP contribution in [0, 0.1) is 5.41 Å². The fourth-order valence-corrected chi connectivity index (χ4v) is 2.03. The van der Waals surface area contributed by atoms with Crippen molar-refractivity contribution in [2.75, 3.05) is 6.54 Å². The summed E-state index contributed by atoms with van der Waals surface area (Å²) in [6, 6.07) is 0. The van der Waals surface area contributed by atoms with E-state index in [1.807, 2.05) is 0 Å². The Morgan fingerprint density at radius 3 is 2.20 bits per heavy atom. The van der Waals surface area contributed by atoms with Gasteiger partial charge in [0, 0.05) is 6.54 Å². The molecular formula is C12H26N2O. The van der Waals surface area contributed by atoms with Gasteiger partial charge < -0.3 is 0 Å². The maximum Gasteiger partial charge on any atom is 0.138 e. The molecule has 90 valence electrons. The minimum atomic E-state index is -0.189. The van der Waals surface area contributed by atoms with Crippen LogP contribution in [0.2, 0.25) is 0 Å². The van der Waals surface area contributed by atoms with Gasteiger partial charge in [0.05, 0.1) is 6.17 Å². The van der Waals surface area contributed by atoms with Crippen molar-refractivity contribution in [2.24, 2.45) is 5.41 Å². The quantitative estimate of drug-likeness (QED) is 0.778. The van der Waals surface area contributed by atoms with Crippen molar-refractivity contribution >= 4 is 0 Å². The van der Waals surface area contributed by atoms with Gasteiger partial charge in [-0.15, -0.1) is 0 Å². The maximum atomic E-state index is 5.58. The summed E-state index contributed by atoms with van der Waals surface area (Å²) >= 11 is 0. The Morgan fingerprint density at radius 2 is 1.87 bits per heavy atom. The van der Waals surface area contributed by atoms with E-state index in [-0.39, 0.29) is 5.72 Å². The smallest absolute Gasteiger partial charge is 0.138 e. The van der Waals surface area contributed by atoms with Gasteiger partial charge in [0.2, 0.25) is 0 Å². The lowest BCUT2D eigenvalue weighted by Gasteiger charge is -2.38. The van der Waals surface area contributed by atoms with Crippen LogP contribution in [0.4, 0.5) is 0 Å². The summed E-state index contributed by atoms with van der Waals surface area (Å²) in [6.45, 7) is 14.4. The van der Waals surface area contributed by atoms with Gasteiger partial charge in [0.1, 0.15) is 5.72 Å². The van der Waals surface area contributed by atoms with Gasteiger partial charge >= 0.3 is 0 Å². The van der Waals surface area contributed by atoms with E-state index in [1.54, 1.807) is 0 Å². The van der Waals surface area contributed by atoms with Crippen LogP contribution in [0.3, 0.4) is 0 Å². The summed E-state index contributed by atoms with van der Waals surface area (Å²) in [5, 5.41) is 0. The van der Waals surface area contributed by atoms with E-state index >= 15 is 0 Å². The minimum absolute atomic E-state index is 0.189. The van der Waals surface area contributed by atoms with Gasteiger partial charge in [-0.05, 0) is 39.0 Å². The van der Waals surface area contributed by atoms with Crippen LogP contribution >= 0.6 is 0 Å². The van der Waals surface area contributed by atoms with Crippen molar-refractivity contribution in [3.8, 4) is 0 Å². The number of hydrogen-bond donors (Lipinski definition) is 1. The zero-order chi connectivity index (χ0) is 11.7. The van der Waals surface area contributed by atoms with Crippen molar-refractivity contribution in [1.82, 2.24) is 10.4 Å². The Balaban J connectivity index is 2.71. The van der Waals surface area contributed by atoms with Crippen molar-refractivity contribution < 1.29 is 4.84 Å². The molecule has 0 aliphatic carbocycles. The van der Waals surface area contributed by atoms with Gasteiger partial charge in [0.15, 0.2) is 0 Å². The second kappa shape index (κ2) is 4.40. The molecule has 0 bridgehead atoms. The minimum Gasteiger partial charge on any atom is -0.278 e. The van der Waals surface area contributed by atoms with Crippen molar-refractivity contribution in [3.63, 3.8) is 0 Å². The molecule has 1 saturated heterocycles. The summed E-state index contributed by atoms with van der Waals surface area (Å²) < 4.78 is 0. The fourth-order valence-electron chi connectivity index (χ4n) is 2.03. The Bertz CT molecular complexity index is 212. The molecule has 1 aliphatic heterocycles. The average molecular weight is 214 g/mol. The van der Waals surface area contributed by atoms with Gasteiger partial charge in [-0.2, -0.15) is 5.48 Å². The molecule has 1 fully saturated rings. The van der Waals surface area contributed by atoms with E-state index < -0.39 is 0 Å². The molecule has 3 heteroatoms. The van der Waals surface area contributed by atoms with Crippen LogP contribution in [0.15, 0.2) is 0 Å². The van der Waals surface area contributed by atoms with E-state index in [9.17, 15) is 0 Å². The Morgan fingerprint density at radius 1 is 1.33 bits per heavy atom. The van der Waals surface area contributed by atoms with Crippen molar-refractivity contribution in [1.29, 1.82) is 0 Å². The lowest BCUT2D eigenvalue weighted by atomic mass is 9.83. The van der Waals surface area contributed by atoms with E-state index in [1.165, 1.54) is 12.8 Å². The molecular weight excluding hydrogens is 188 g/mol. The average Bonchev–Trinajstić information content (AvgIpc) is 2.45. The standard InChI is InChI=1S/C12H26N2O/c1-7-12(6,8-2)9-14-10(3)13-15-11(14,4)5/h10,13H,7-9H2,1-6H3. The Kier molecular flexibility index (Phi) is 3.80. The van der Waals surface area contributed by atoms with Crippen LogP contribution < -0.4 is 5.48 Å². The van der Waals surface area contributed by atoms with Gasteiger partial charge in [-0.3, -0.25) is 9.74 Å². The summed E-state index contributed by atoms with van der Waals surface area (Å²) in [7, 11) is 0. The number of hydrogen-bond acceptors (Lipinski definition) is 3. The molecule has 0 amide bonds. The number of nitrogens with zero attached hydrogens (tertiary/aromatic N) is 1. The van der Waals surface area contributed by atoms with E-state index in [0.29, 0.717) is 11.6 Å². The van der Waals surface area contributed by atoms with Crippen molar-refractivity contribution in [3.05, 3.63) is 0 Å². The second-order valence-electron chi connectivity index (χ2n) is 5.49. The third-order valence-electron chi connectivity index (χ3n) is 3.90. The van der Waals surface area contributed by atoms with Crippen LogP contribution in [-0.2, 0) is 4.84 Å². The summed E-state index contributed by atoms with van der Waals surface area (Å²) in [4.78, 5) is 7.98. The SMILES string of the molecule is CCC(C)(CC)CN1C(C)NOC1(C)C. The molecule has 1 unspecified atom stereocenters. The third-order valence-corrected chi connectivity index (χ3v) is 3.90. The molecule has 0 spiro atoms. The zero-order valence-electron chi connectivity index (χ0n) is 11.1. The maximum absolute atomic E-state index is 5.58. The highest BCUT2D eigenvalue weighted by molar-refractivity contribution is 4.85. The van der Waals surface area contributed by atoms with Crippen LogP contribution in [-0.4, -0.2) is 23.3 Å². The van der Waals surface area contributed by atoms with E-state index in [2.05, 4.69) is 51.9 Å². The zero-order valence-corrected chi connectivity index (χ0v) is 11.1. The lowest BCUT2D eigenvalue weighted by Crippen LogP contribution is -2.48.